The Bertz CT molecular complexity index is 615. The van der Waals surface area contributed by atoms with Crippen molar-refractivity contribution in [1.82, 2.24) is 0 Å². The molecule has 2 aromatic carbocycles. The first-order valence-electron chi connectivity index (χ1n) is 8.97. The van der Waals surface area contributed by atoms with Gasteiger partial charge in [0.25, 0.3) is 0 Å². The molecule has 0 spiro atoms. The summed E-state index contributed by atoms with van der Waals surface area (Å²) < 4.78 is 11.2. The lowest BCUT2D eigenvalue weighted by molar-refractivity contribution is -0.169. The van der Waals surface area contributed by atoms with E-state index in [1.54, 1.807) is 12.1 Å². The summed E-state index contributed by atoms with van der Waals surface area (Å²) in [6, 6.07) is 15.0. The molecule has 2 aromatic rings. The van der Waals surface area contributed by atoms with E-state index in [-0.39, 0.29) is 26.1 Å². The van der Waals surface area contributed by atoms with Crippen molar-refractivity contribution in [2.24, 2.45) is 0 Å². The third-order valence-electron chi connectivity index (χ3n) is 4.31. The highest BCUT2D eigenvalue weighted by atomic mass is 16.7. The Morgan fingerprint density at radius 1 is 0.769 bits per heavy atom. The van der Waals surface area contributed by atoms with Crippen LogP contribution in [-0.2, 0) is 35.9 Å². The number of aliphatic hydroxyl groups is 3. The number of rotatable bonds is 6. The third kappa shape index (κ3) is 6.52. The first-order valence-corrected chi connectivity index (χ1v) is 8.97. The van der Waals surface area contributed by atoms with Gasteiger partial charge in [-0.05, 0) is 41.5 Å². The van der Waals surface area contributed by atoms with Gasteiger partial charge in [0.05, 0.1) is 26.4 Å². The molecule has 1 aliphatic heterocycles. The SMILES string of the molecule is OCc1ccccc1CO.OCc1ccccc1COC1CCCCO1. The minimum Gasteiger partial charge on any atom is -0.392 e. The second-order valence-corrected chi connectivity index (χ2v) is 6.12. The summed E-state index contributed by atoms with van der Waals surface area (Å²) in [4.78, 5) is 0. The van der Waals surface area contributed by atoms with Gasteiger partial charge < -0.3 is 24.8 Å². The lowest BCUT2D eigenvalue weighted by Crippen LogP contribution is -2.22. The Labute approximate surface area is 154 Å². The molecule has 0 aromatic heterocycles. The van der Waals surface area contributed by atoms with Gasteiger partial charge in [-0.3, -0.25) is 0 Å². The van der Waals surface area contributed by atoms with Crippen LogP contribution in [0, 0.1) is 0 Å². The van der Waals surface area contributed by atoms with Gasteiger partial charge in [0.2, 0.25) is 0 Å². The highest BCUT2D eigenvalue weighted by Gasteiger charge is 2.14. The molecule has 1 unspecified atom stereocenters. The highest BCUT2D eigenvalue weighted by molar-refractivity contribution is 5.26. The third-order valence-corrected chi connectivity index (χ3v) is 4.31. The van der Waals surface area contributed by atoms with Crippen LogP contribution in [0.2, 0.25) is 0 Å². The average Bonchev–Trinajstić information content (AvgIpc) is 2.73. The van der Waals surface area contributed by atoms with Crippen LogP contribution in [0.15, 0.2) is 48.5 Å². The molecule has 0 aliphatic carbocycles. The van der Waals surface area contributed by atoms with Crippen molar-refractivity contribution in [1.29, 1.82) is 0 Å². The van der Waals surface area contributed by atoms with Crippen LogP contribution in [0.4, 0.5) is 0 Å². The van der Waals surface area contributed by atoms with Crippen LogP contribution in [0.3, 0.4) is 0 Å². The number of hydrogen-bond donors (Lipinski definition) is 3. The van der Waals surface area contributed by atoms with E-state index in [1.165, 1.54) is 6.42 Å². The zero-order valence-corrected chi connectivity index (χ0v) is 15.0. The molecule has 1 heterocycles. The van der Waals surface area contributed by atoms with Gasteiger partial charge >= 0.3 is 0 Å². The fourth-order valence-electron chi connectivity index (χ4n) is 2.74. The Hall–Kier alpha value is -1.76. The van der Waals surface area contributed by atoms with Crippen LogP contribution >= 0.6 is 0 Å². The van der Waals surface area contributed by atoms with Crippen molar-refractivity contribution in [3.63, 3.8) is 0 Å². The minimum absolute atomic E-state index is 0.00324. The van der Waals surface area contributed by atoms with Crippen LogP contribution in [0.25, 0.3) is 0 Å². The molecular formula is C21H28O5. The van der Waals surface area contributed by atoms with E-state index >= 15 is 0 Å². The molecule has 5 heteroatoms. The number of benzene rings is 2. The van der Waals surface area contributed by atoms with E-state index in [1.807, 2.05) is 36.4 Å². The largest absolute Gasteiger partial charge is 0.392 e. The fraction of sp³-hybridized carbons (Fsp3) is 0.429. The van der Waals surface area contributed by atoms with Crippen LogP contribution < -0.4 is 0 Å². The summed E-state index contributed by atoms with van der Waals surface area (Å²) in [7, 11) is 0. The van der Waals surface area contributed by atoms with Crippen molar-refractivity contribution < 1.29 is 24.8 Å². The standard InChI is InChI=1S/C13H18O3.C8H10O2/c14-9-11-5-1-2-6-12(11)10-16-13-7-3-4-8-15-13;9-5-7-3-1-2-4-8(7)6-10/h1-2,5-6,13-14H,3-4,7-10H2;1-4,9-10H,5-6H2. The van der Waals surface area contributed by atoms with Crippen molar-refractivity contribution in [2.75, 3.05) is 6.61 Å². The quantitative estimate of drug-likeness (QED) is 0.738. The van der Waals surface area contributed by atoms with Gasteiger partial charge in [-0.25, -0.2) is 0 Å². The minimum atomic E-state index is -0.0690. The molecule has 0 saturated carbocycles. The van der Waals surface area contributed by atoms with Gasteiger partial charge in [-0.2, -0.15) is 0 Å². The Morgan fingerprint density at radius 2 is 1.27 bits per heavy atom. The summed E-state index contributed by atoms with van der Waals surface area (Å²) in [6.07, 6.45) is 3.21. The van der Waals surface area contributed by atoms with Gasteiger partial charge in [0, 0.05) is 6.61 Å². The van der Waals surface area contributed by atoms with E-state index in [0.717, 1.165) is 41.7 Å². The van der Waals surface area contributed by atoms with E-state index in [2.05, 4.69) is 0 Å². The Morgan fingerprint density at radius 3 is 1.73 bits per heavy atom. The second kappa shape index (κ2) is 11.8. The first kappa shape index (κ1) is 20.6. The maximum Gasteiger partial charge on any atom is 0.158 e. The van der Waals surface area contributed by atoms with Crippen molar-refractivity contribution >= 4 is 0 Å². The maximum atomic E-state index is 9.17. The van der Waals surface area contributed by atoms with Crippen LogP contribution in [0.5, 0.6) is 0 Å². The summed E-state index contributed by atoms with van der Waals surface area (Å²) in [5, 5.41) is 26.6. The van der Waals surface area contributed by atoms with Crippen molar-refractivity contribution in [3.8, 4) is 0 Å². The fourth-order valence-corrected chi connectivity index (χ4v) is 2.74. The highest BCUT2D eigenvalue weighted by Crippen LogP contribution is 2.17. The molecule has 26 heavy (non-hydrogen) atoms. The van der Waals surface area contributed by atoms with Crippen LogP contribution in [0.1, 0.15) is 41.5 Å². The molecular weight excluding hydrogens is 332 g/mol. The maximum absolute atomic E-state index is 9.17. The molecule has 0 bridgehead atoms. The zero-order chi connectivity index (χ0) is 18.6. The molecule has 0 radical (unpaired) electrons. The van der Waals surface area contributed by atoms with Crippen LogP contribution in [-0.4, -0.2) is 28.2 Å². The average molecular weight is 360 g/mol. The first-order chi connectivity index (χ1) is 12.8. The van der Waals surface area contributed by atoms with E-state index in [0.29, 0.717) is 6.61 Å². The molecule has 5 nitrogen and oxygen atoms in total. The number of aliphatic hydroxyl groups excluding tert-OH is 3. The van der Waals surface area contributed by atoms with E-state index in [9.17, 15) is 0 Å². The summed E-state index contributed by atoms with van der Waals surface area (Å²) in [5.74, 6) is 0. The molecule has 1 aliphatic rings. The topological polar surface area (TPSA) is 79.2 Å². The normalized spacial score (nSPS) is 16.7. The smallest absolute Gasteiger partial charge is 0.158 e. The zero-order valence-electron chi connectivity index (χ0n) is 15.0. The second-order valence-electron chi connectivity index (χ2n) is 6.12. The van der Waals surface area contributed by atoms with Gasteiger partial charge in [0.15, 0.2) is 6.29 Å². The molecule has 3 rings (SSSR count). The number of hydrogen-bond acceptors (Lipinski definition) is 5. The summed E-state index contributed by atoms with van der Waals surface area (Å²) >= 11 is 0. The summed E-state index contributed by atoms with van der Waals surface area (Å²) in [5.41, 5.74) is 3.56. The van der Waals surface area contributed by atoms with Crippen molar-refractivity contribution in [3.05, 3.63) is 70.8 Å². The van der Waals surface area contributed by atoms with Gasteiger partial charge in [0.1, 0.15) is 0 Å². The molecule has 1 atom stereocenters. The molecule has 3 N–H and O–H groups in total. The summed E-state index contributed by atoms with van der Waals surface area (Å²) in [6.45, 7) is 1.37. The lowest BCUT2D eigenvalue weighted by Gasteiger charge is -2.23. The van der Waals surface area contributed by atoms with Gasteiger partial charge in [-0.15, -0.1) is 0 Å². The monoisotopic (exact) mass is 360 g/mol. The molecule has 1 fully saturated rings. The molecule has 142 valence electrons. The van der Waals surface area contributed by atoms with E-state index < -0.39 is 0 Å². The predicted molar refractivity (Wildman–Crippen MR) is 99.0 cm³/mol. The Balaban J connectivity index is 0.000000209. The van der Waals surface area contributed by atoms with Crippen molar-refractivity contribution in [2.45, 2.75) is 52.0 Å². The predicted octanol–water partition coefficient (Wildman–Crippen LogP) is 2.89. The molecule has 1 saturated heterocycles. The lowest BCUT2D eigenvalue weighted by atomic mass is 10.1. The van der Waals surface area contributed by atoms with Gasteiger partial charge in [-0.1, -0.05) is 48.5 Å². The number of ether oxygens (including phenoxy) is 2. The van der Waals surface area contributed by atoms with E-state index in [4.69, 9.17) is 24.8 Å². The Kier molecular flexibility index (Phi) is 9.31. The molecule has 0 amide bonds.